The van der Waals surface area contributed by atoms with Gasteiger partial charge in [0.1, 0.15) is 0 Å². The van der Waals surface area contributed by atoms with Gasteiger partial charge in [0.2, 0.25) is 0 Å². The van der Waals surface area contributed by atoms with Crippen molar-refractivity contribution >= 4 is 5.57 Å². The molecule has 1 nitrogen and oxygen atoms in total. The minimum absolute atomic E-state index is 0.885. The Hall–Kier alpha value is -1.24. The Morgan fingerprint density at radius 1 is 1.09 bits per heavy atom. The van der Waals surface area contributed by atoms with Crippen LogP contribution in [-0.4, -0.2) is 0 Å². The first-order chi connectivity index (χ1) is 5.22. The second-order valence-corrected chi connectivity index (χ2v) is 2.67. The van der Waals surface area contributed by atoms with Crippen LogP contribution in [-0.2, 0) is 0 Å². The van der Waals surface area contributed by atoms with E-state index in [1.165, 1.54) is 5.56 Å². The third-order valence-corrected chi connectivity index (χ3v) is 1.80. The second-order valence-electron chi connectivity index (χ2n) is 2.67. The predicted molar refractivity (Wildman–Crippen MR) is 48.9 cm³/mol. The van der Waals surface area contributed by atoms with Crippen LogP contribution in [0, 0.1) is 0 Å². The third-order valence-electron chi connectivity index (χ3n) is 1.80. The molecule has 0 unspecified atom stereocenters. The summed E-state index contributed by atoms with van der Waals surface area (Å²) in [4.78, 5) is 0. The molecule has 1 aromatic rings. The van der Waals surface area contributed by atoms with E-state index in [9.17, 15) is 0 Å². The highest BCUT2D eigenvalue weighted by atomic mass is 14.6. The number of hydrogen-bond acceptors (Lipinski definition) is 1. The van der Waals surface area contributed by atoms with Crippen molar-refractivity contribution in [1.82, 2.24) is 0 Å². The first kappa shape index (κ1) is 7.86. The van der Waals surface area contributed by atoms with Crippen molar-refractivity contribution in [3.05, 3.63) is 41.6 Å². The summed E-state index contributed by atoms with van der Waals surface area (Å²) in [6, 6.07) is 10.2. The van der Waals surface area contributed by atoms with Gasteiger partial charge >= 0.3 is 0 Å². The fourth-order valence-electron chi connectivity index (χ4n) is 0.916. The maximum Gasteiger partial charge on any atom is 0.00846 e. The summed E-state index contributed by atoms with van der Waals surface area (Å²) < 4.78 is 0. The van der Waals surface area contributed by atoms with Crippen molar-refractivity contribution < 1.29 is 0 Å². The van der Waals surface area contributed by atoms with Gasteiger partial charge in [0.25, 0.3) is 0 Å². The van der Waals surface area contributed by atoms with Gasteiger partial charge in [0, 0.05) is 5.70 Å². The van der Waals surface area contributed by atoms with E-state index in [4.69, 9.17) is 5.73 Å². The summed E-state index contributed by atoms with van der Waals surface area (Å²) in [5.74, 6) is 0. The van der Waals surface area contributed by atoms with E-state index in [-0.39, 0.29) is 0 Å². The quantitative estimate of drug-likeness (QED) is 0.648. The average molecular weight is 147 g/mol. The molecule has 1 rings (SSSR count). The zero-order valence-electron chi connectivity index (χ0n) is 6.96. The van der Waals surface area contributed by atoms with Crippen molar-refractivity contribution in [3.8, 4) is 0 Å². The lowest BCUT2D eigenvalue weighted by atomic mass is 10.1. The zero-order valence-corrected chi connectivity index (χ0v) is 6.96. The lowest BCUT2D eigenvalue weighted by Crippen LogP contribution is -1.94. The fourth-order valence-corrected chi connectivity index (χ4v) is 0.916. The topological polar surface area (TPSA) is 26.0 Å². The van der Waals surface area contributed by atoms with Gasteiger partial charge < -0.3 is 5.73 Å². The lowest BCUT2D eigenvalue weighted by Gasteiger charge is -2.02. The van der Waals surface area contributed by atoms with Crippen LogP contribution in [0.5, 0.6) is 0 Å². The maximum atomic E-state index is 5.65. The van der Waals surface area contributed by atoms with Crippen molar-refractivity contribution in [1.29, 1.82) is 0 Å². The van der Waals surface area contributed by atoms with E-state index in [0.717, 1.165) is 11.3 Å². The van der Waals surface area contributed by atoms with Gasteiger partial charge in [-0.25, -0.2) is 0 Å². The SMILES string of the molecule is C/C(N)=C(\C)c1ccccc1. The Labute approximate surface area is 67.5 Å². The molecule has 0 heterocycles. The number of nitrogens with two attached hydrogens (primary N) is 1. The summed E-state index contributed by atoms with van der Waals surface area (Å²) in [6.07, 6.45) is 0. The standard InChI is InChI=1S/C10H13N/c1-8(9(2)11)10-6-4-3-5-7-10/h3-7H,11H2,1-2H3/b9-8-. The minimum atomic E-state index is 0.885. The number of hydrogen-bond donors (Lipinski definition) is 1. The normalized spacial score (nSPS) is 12.5. The molecule has 0 saturated carbocycles. The Balaban J connectivity index is 3.04. The highest BCUT2D eigenvalue weighted by Gasteiger charge is 1.94. The highest BCUT2D eigenvalue weighted by Crippen LogP contribution is 2.13. The maximum absolute atomic E-state index is 5.65. The minimum Gasteiger partial charge on any atom is -0.402 e. The van der Waals surface area contributed by atoms with Gasteiger partial charge in [-0.3, -0.25) is 0 Å². The molecule has 0 atom stereocenters. The number of rotatable bonds is 1. The largest absolute Gasteiger partial charge is 0.402 e. The molecular formula is C10H13N. The molecule has 2 N–H and O–H groups in total. The molecule has 58 valence electrons. The Bertz CT molecular complexity index is 255. The molecule has 0 spiro atoms. The van der Waals surface area contributed by atoms with Crippen LogP contribution in [0.3, 0.4) is 0 Å². The average Bonchev–Trinajstić information content (AvgIpc) is 2.05. The summed E-state index contributed by atoms with van der Waals surface area (Å²) in [7, 11) is 0. The van der Waals surface area contributed by atoms with Crippen LogP contribution in [0.4, 0.5) is 0 Å². The molecule has 0 aliphatic rings. The molecule has 0 fully saturated rings. The lowest BCUT2D eigenvalue weighted by molar-refractivity contribution is 1.30. The molecule has 0 aliphatic heterocycles. The molecule has 0 saturated heterocycles. The molecular weight excluding hydrogens is 134 g/mol. The number of benzene rings is 1. The Kier molecular flexibility index (Phi) is 2.32. The molecule has 0 amide bonds. The molecule has 11 heavy (non-hydrogen) atoms. The van der Waals surface area contributed by atoms with E-state index in [1.807, 2.05) is 32.0 Å². The predicted octanol–water partition coefficient (Wildman–Crippen LogP) is 2.40. The summed E-state index contributed by atoms with van der Waals surface area (Å²) in [6.45, 7) is 3.95. The summed E-state index contributed by atoms with van der Waals surface area (Å²) in [5, 5.41) is 0. The van der Waals surface area contributed by atoms with Crippen LogP contribution < -0.4 is 5.73 Å². The molecule has 1 heteroatoms. The van der Waals surface area contributed by atoms with E-state index in [2.05, 4.69) is 12.1 Å². The van der Waals surface area contributed by atoms with Gasteiger partial charge in [-0.15, -0.1) is 0 Å². The Morgan fingerprint density at radius 2 is 1.64 bits per heavy atom. The summed E-state index contributed by atoms with van der Waals surface area (Å²) >= 11 is 0. The van der Waals surface area contributed by atoms with E-state index < -0.39 is 0 Å². The van der Waals surface area contributed by atoms with Crippen LogP contribution in [0.25, 0.3) is 5.57 Å². The molecule has 1 aromatic carbocycles. The van der Waals surface area contributed by atoms with Gasteiger partial charge in [0.15, 0.2) is 0 Å². The van der Waals surface area contributed by atoms with Crippen LogP contribution >= 0.6 is 0 Å². The third kappa shape index (κ3) is 1.84. The fraction of sp³-hybridized carbons (Fsp3) is 0.200. The molecule has 0 radical (unpaired) electrons. The molecule has 0 aliphatic carbocycles. The molecule has 0 bridgehead atoms. The van der Waals surface area contributed by atoms with E-state index in [1.54, 1.807) is 0 Å². The zero-order chi connectivity index (χ0) is 8.27. The van der Waals surface area contributed by atoms with Gasteiger partial charge in [-0.05, 0) is 25.0 Å². The van der Waals surface area contributed by atoms with E-state index in [0.29, 0.717) is 0 Å². The van der Waals surface area contributed by atoms with Crippen LogP contribution in [0.1, 0.15) is 19.4 Å². The van der Waals surface area contributed by atoms with E-state index >= 15 is 0 Å². The van der Waals surface area contributed by atoms with Crippen LogP contribution in [0.2, 0.25) is 0 Å². The highest BCUT2D eigenvalue weighted by molar-refractivity contribution is 5.65. The smallest absolute Gasteiger partial charge is 0.00846 e. The second kappa shape index (κ2) is 3.24. The van der Waals surface area contributed by atoms with Gasteiger partial charge in [-0.2, -0.15) is 0 Å². The first-order valence-corrected chi connectivity index (χ1v) is 3.70. The van der Waals surface area contributed by atoms with Crippen molar-refractivity contribution in [3.63, 3.8) is 0 Å². The van der Waals surface area contributed by atoms with Crippen molar-refractivity contribution in [2.75, 3.05) is 0 Å². The molecule has 0 aromatic heterocycles. The summed E-state index contributed by atoms with van der Waals surface area (Å²) in [5.41, 5.74) is 8.89. The van der Waals surface area contributed by atoms with Gasteiger partial charge in [-0.1, -0.05) is 30.3 Å². The van der Waals surface area contributed by atoms with Crippen LogP contribution in [0.15, 0.2) is 36.0 Å². The first-order valence-electron chi connectivity index (χ1n) is 3.70. The van der Waals surface area contributed by atoms with Gasteiger partial charge in [0.05, 0.1) is 0 Å². The monoisotopic (exact) mass is 147 g/mol. The number of allylic oxidation sites excluding steroid dienone is 2. The van der Waals surface area contributed by atoms with Crippen molar-refractivity contribution in [2.24, 2.45) is 5.73 Å². The van der Waals surface area contributed by atoms with Crippen molar-refractivity contribution in [2.45, 2.75) is 13.8 Å². The Morgan fingerprint density at radius 3 is 2.09 bits per heavy atom.